The summed E-state index contributed by atoms with van der Waals surface area (Å²) in [5.41, 5.74) is 1.22. The normalized spacial score (nSPS) is 12.6. The maximum absolute atomic E-state index is 13.2. The van der Waals surface area contributed by atoms with E-state index in [9.17, 15) is 9.59 Å². The largest absolute Gasteiger partial charge is 0.359 e. The zero-order valence-electron chi connectivity index (χ0n) is 16.6. The number of fused-ring (bicyclic) bond motifs is 1. The highest BCUT2D eigenvalue weighted by atomic mass is 32.2. The van der Waals surface area contributed by atoms with Gasteiger partial charge in [0.15, 0.2) is 10.9 Å². The Kier molecular flexibility index (Phi) is 6.73. The third kappa shape index (κ3) is 4.73. The predicted molar refractivity (Wildman–Crippen MR) is 115 cm³/mol. The van der Waals surface area contributed by atoms with Gasteiger partial charge >= 0.3 is 0 Å². The molecule has 0 aliphatic carbocycles. The monoisotopic (exact) mass is 397 g/mol. The van der Waals surface area contributed by atoms with Crippen molar-refractivity contribution >= 4 is 28.4 Å². The van der Waals surface area contributed by atoms with E-state index in [1.807, 2.05) is 24.3 Å². The zero-order valence-corrected chi connectivity index (χ0v) is 17.5. The minimum absolute atomic E-state index is 0.00332. The molecule has 1 aromatic carbocycles. The van der Waals surface area contributed by atoms with Crippen molar-refractivity contribution in [2.45, 2.75) is 51.2 Å². The minimum atomic E-state index is -0.0301. The van der Waals surface area contributed by atoms with Crippen molar-refractivity contribution in [2.75, 3.05) is 5.75 Å². The van der Waals surface area contributed by atoms with Gasteiger partial charge in [0.25, 0.3) is 5.56 Å². The first-order chi connectivity index (χ1) is 13.5. The number of benzene rings is 1. The van der Waals surface area contributed by atoms with Gasteiger partial charge in [0.2, 0.25) is 0 Å². The van der Waals surface area contributed by atoms with Gasteiger partial charge in [0.05, 0.1) is 22.3 Å². The molecule has 28 heavy (non-hydrogen) atoms. The van der Waals surface area contributed by atoms with E-state index in [-0.39, 0.29) is 23.1 Å². The number of H-pyrrole nitrogens is 1. The summed E-state index contributed by atoms with van der Waals surface area (Å²) in [4.78, 5) is 33.2. The van der Waals surface area contributed by atoms with E-state index in [1.165, 1.54) is 11.8 Å². The van der Waals surface area contributed by atoms with Gasteiger partial charge in [-0.05, 0) is 43.5 Å². The lowest BCUT2D eigenvalue weighted by molar-refractivity contribution is 0.101. The lowest BCUT2D eigenvalue weighted by Crippen LogP contribution is -2.26. The van der Waals surface area contributed by atoms with E-state index in [2.05, 4.69) is 25.8 Å². The van der Waals surface area contributed by atoms with Crippen LogP contribution < -0.4 is 5.56 Å². The molecule has 1 unspecified atom stereocenters. The molecule has 0 amide bonds. The Bertz CT molecular complexity index is 993. The SMILES string of the molecule is CC(C)CCCC(C)n1c(SCC(=O)c2ccc[nH]2)nc2ccccc2c1=O. The average Bonchev–Trinajstić information content (AvgIpc) is 3.20. The Hall–Kier alpha value is -2.34. The number of ketones is 1. The molecule has 1 atom stereocenters. The summed E-state index contributed by atoms with van der Waals surface area (Å²) in [7, 11) is 0. The van der Waals surface area contributed by atoms with Crippen LogP contribution in [-0.2, 0) is 0 Å². The maximum Gasteiger partial charge on any atom is 0.262 e. The molecule has 0 bridgehead atoms. The smallest absolute Gasteiger partial charge is 0.262 e. The van der Waals surface area contributed by atoms with E-state index in [4.69, 9.17) is 4.98 Å². The molecule has 5 nitrogen and oxygen atoms in total. The van der Waals surface area contributed by atoms with Gasteiger partial charge in [-0.2, -0.15) is 0 Å². The number of thioether (sulfide) groups is 1. The number of carbonyl (C=O) groups excluding carboxylic acids is 1. The number of para-hydroxylation sites is 1. The van der Waals surface area contributed by atoms with Gasteiger partial charge in [0, 0.05) is 12.2 Å². The van der Waals surface area contributed by atoms with Gasteiger partial charge in [-0.1, -0.05) is 50.6 Å². The summed E-state index contributed by atoms with van der Waals surface area (Å²) in [6.45, 7) is 6.48. The highest BCUT2D eigenvalue weighted by Crippen LogP contribution is 2.24. The van der Waals surface area contributed by atoms with E-state index >= 15 is 0 Å². The Morgan fingerprint density at radius 1 is 1.14 bits per heavy atom. The van der Waals surface area contributed by atoms with Crippen molar-refractivity contribution < 1.29 is 4.79 Å². The fourth-order valence-corrected chi connectivity index (χ4v) is 4.26. The average molecular weight is 398 g/mol. The standard InChI is InChI=1S/C22H27N3O2S/c1-15(2)8-6-9-16(3)25-21(27)17-10-4-5-11-18(17)24-22(25)28-14-20(26)19-12-7-13-23-19/h4-5,7,10-13,15-16,23H,6,8-9,14H2,1-3H3. The second-order valence-corrected chi connectivity index (χ2v) is 8.50. The highest BCUT2D eigenvalue weighted by molar-refractivity contribution is 7.99. The lowest BCUT2D eigenvalue weighted by atomic mass is 10.0. The van der Waals surface area contributed by atoms with Crippen LogP contribution in [0.5, 0.6) is 0 Å². The Balaban J connectivity index is 1.90. The van der Waals surface area contributed by atoms with Gasteiger partial charge in [-0.15, -0.1) is 0 Å². The molecule has 148 valence electrons. The van der Waals surface area contributed by atoms with Crippen molar-refractivity contribution in [1.29, 1.82) is 0 Å². The Morgan fingerprint density at radius 3 is 2.64 bits per heavy atom. The van der Waals surface area contributed by atoms with Crippen LogP contribution in [0.1, 0.15) is 56.6 Å². The molecule has 3 aromatic rings. The molecule has 3 rings (SSSR count). The maximum atomic E-state index is 13.2. The number of hydrogen-bond acceptors (Lipinski definition) is 4. The number of Topliss-reactive ketones (excluding diaryl/α,β-unsaturated/α-hetero) is 1. The molecule has 0 aliphatic heterocycles. The number of aromatic amines is 1. The molecular weight excluding hydrogens is 370 g/mol. The quantitative estimate of drug-likeness (QED) is 0.310. The summed E-state index contributed by atoms with van der Waals surface area (Å²) < 4.78 is 1.77. The number of carbonyl (C=O) groups is 1. The molecule has 6 heteroatoms. The van der Waals surface area contributed by atoms with Crippen LogP contribution >= 0.6 is 11.8 Å². The molecule has 0 radical (unpaired) electrons. The molecule has 0 saturated heterocycles. The third-order valence-electron chi connectivity index (χ3n) is 4.85. The fourth-order valence-electron chi connectivity index (χ4n) is 3.28. The van der Waals surface area contributed by atoms with Crippen molar-refractivity contribution in [1.82, 2.24) is 14.5 Å². The summed E-state index contributed by atoms with van der Waals surface area (Å²) in [6, 6.07) is 11.0. The highest BCUT2D eigenvalue weighted by Gasteiger charge is 2.18. The van der Waals surface area contributed by atoms with Gasteiger partial charge < -0.3 is 4.98 Å². The number of hydrogen-bond donors (Lipinski definition) is 1. The number of rotatable bonds is 9. The molecule has 0 spiro atoms. The number of aromatic nitrogens is 3. The first kappa shape index (κ1) is 20.4. The van der Waals surface area contributed by atoms with Crippen LogP contribution in [0.15, 0.2) is 52.5 Å². The van der Waals surface area contributed by atoms with Crippen molar-refractivity contribution in [3.05, 3.63) is 58.6 Å². The second-order valence-electron chi connectivity index (χ2n) is 7.56. The third-order valence-corrected chi connectivity index (χ3v) is 5.80. The topological polar surface area (TPSA) is 67.8 Å². The number of nitrogens with zero attached hydrogens (tertiary/aromatic N) is 2. The first-order valence-electron chi connectivity index (χ1n) is 9.78. The van der Waals surface area contributed by atoms with Crippen LogP contribution in [0.3, 0.4) is 0 Å². The molecule has 0 saturated carbocycles. The van der Waals surface area contributed by atoms with Crippen LogP contribution in [0.2, 0.25) is 0 Å². The number of nitrogens with one attached hydrogen (secondary N) is 1. The van der Waals surface area contributed by atoms with Crippen LogP contribution in [0.25, 0.3) is 10.9 Å². The lowest BCUT2D eigenvalue weighted by Gasteiger charge is -2.20. The molecule has 2 aromatic heterocycles. The molecule has 2 heterocycles. The van der Waals surface area contributed by atoms with Crippen molar-refractivity contribution in [2.24, 2.45) is 5.92 Å². The zero-order chi connectivity index (χ0) is 20.1. The summed E-state index contributed by atoms with van der Waals surface area (Å²) in [5, 5.41) is 1.24. The van der Waals surface area contributed by atoms with Crippen LogP contribution in [0, 0.1) is 5.92 Å². The van der Waals surface area contributed by atoms with E-state index in [1.54, 1.807) is 22.9 Å². The molecular formula is C22H27N3O2S. The minimum Gasteiger partial charge on any atom is -0.359 e. The van der Waals surface area contributed by atoms with Gasteiger partial charge in [-0.25, -0.2) is 4.98 Å². The van der Waals surface area contributed by atoms with Crippen molar-refractivity contribution in [3.8, 4) is 0 Å². The van der Waals surface area contributed by atoms with Crippen LogP contribution in [0.4, 0.5) is 0 Å². The molecule has 0 aliphatic rings. The van der Waals surface area contributed by atoms with Gasteiger partial charge in [-0.3, -0.25) is 14.2 Å². The Labute approximate surface area is 169 Å². The Morgan fingerprint density at radius 2 is 1.93 bits per heavy atom. The van der Waals surface area contributed by atoms with Crippen molar-refractivity contribution in [3.63, 3.8) is 0 Å². The second kappa shape index (κ2) is 9.24. The summed E-state index contributed by atoms with van der Waals surface area (Å²) in [6.07, 6.45) is 4.84. The summed E-state index contributed by atoms with van der Waals surface area (Å²) in [5.74, 6) is 0.881. The van der Waals surface area contributed by atoms with Gasteiger partial charge in [0.1, 0.15) is 0 Å². The van der Waals surface area contributed by atoms with E-state index in [0.717, 1.165) is 19.3 Å². The fraction of sp³-hybridized carbons (Fsp3) is 0.409. The summed E-state index contributed by atoms with van der Waals surface area (Å²) >= 11 is 1.33. The van der Waals surface area contributed by atoms with E-state index < -0.39 is 0 Å². The molecule has 1 N–H and O–H groups in total. The van der Waals surface area contributed by atoms with E-state index in [0.29, 0.717) is 27.7 Å². The molecule has 0 fully saturated rings. The first-order valence-corrected chi connectivity index (χ1v) is 10.8. The van der Waals surface area contributed by atoms with Crippen LogP contribution in [-0.4, -0.2) is 26.1 Å². The predicted octanol–water partition coefficient (Wildman–Crippen LogP) is 5.09.